The number of hydrogen-bond acceptors (Lipinski definition) is 0. The van der Waals surface area contributed by atoms with E-state index in [2.05, 4.69) is 86.0 Å². The normalized spacial score (nSPS) is 18.4. The first-order chi connectivity index (χ1) is 10.4. The molecule has 2 aliphatic carbocycles. The molecule has 2 aromatic rings. The van der Waals surface area contributed by atoms with Crippen LogP contribution in [-0.2, 0) is 23.2 Å². The molecule has 2 atom stereocenters. The van der Waals surface area contributed by atoms with Gasteiger partial charge in [-0.15, -0.1) is 13.2 Å². The van der Waals surface area contributed by atoms with Gasteiger partial charge in [0.15, 0.2) is 0 Å². The van der Waals surface area contributed by atoms with Crippen LogP contribution in [0.25, 0.3) is 12.2 Å². The SMILES string of the molecule is C1=C[CH]([Zr+2][CH]2C=Cc3ccccc32)c2ccccc21.C=C.[Br-].[Cl-]. The van der Waals surface area contributed by atoms with Gasteiger partial charge in [0.1, 0.15) is 0 Å². The fourth-order valence-electron chi connectivity index (χ4n) is 2.98. The van der Waals surface area contributed by atoms with Gasteiger partial charge >= 0.3 is 126 Å². The summed E-state index contributed by atoms with van der Waals surface area (Å²) in [5.41, 5.74) is 5.99. The smallest absolute Gasteiger partial charge is 0.106 e. The largest absolute Gasteiger partial charge is 1.00 e. The predicted molar refractivity (Wildman–Crippen MR) is 87.7 cm³/mol. The second kappa shape index (κ2) is 9.57. The maximum absolute atomic E-state index is 3.00. The molecule has 2 unspecified atom stereocenters. The summed E-state index contributed by atoms with van der Waals surface area (Å²) in [7, 11) is 0. The second-order valence-corrected chi connectivity index (χ2v) is 8.98. The maximum atomic E-state index is 3.00. The third-order valence-corrected chi connectivity index (χ3v) is 8.20. The number of allylic oxidation sites excluding steroid dienone is 2. The molecular weight excluding hydrogens is 447 g/mol. The van der Waals surface area contributed by atoms with Gasteiger partial charge in [0.05, 0.1) is 0 Å². The maximum Gasteiger partial charge on any atom is -0.106 e. The minimum Gasteiger partial charge on any atom is -1.00 e. The van der Waals surface area contributed by atoms with Gasteiger partial charge in [-0.1, -0.05) is 0 Å². The molecule has 0 spiro atoms. The molecule has 0 saturated carbocycles. The van der Waals surface area contributed by atoms with Gasteiger partial charge in [0, 0.05) is 0 Å². The molecule has 0 bridgehead atoms. The molecule has 0 aliphatic heterocycles. The Labute approximate surface area is 167 Å². The summed E-state index contributed by atoms with van der Waals surface area (Å²) < 4.78 is 1.47. The third-order valence-electron chi connectivity index (χ3n) is 3.96. The minimum absolute atomic E-state index is 0. The van der Waals surface area contributed by atoms with Gasteiger partial charge in [-0.3, -0.25) is 0 Å². The monoisotopic (exact) mass is 462 g/mol. The molecule has 2 aliphatic rings. The first kappa shape index (κ1) is 20.4. The molecule has 116 valence electrons. The van der Waals surface area contributed by atoms with Crippen LogP contribution in [0.3, 0.4) is 0 Å². The molecule has 0 saturated heterocycles. The average Bonchev–Trinajstić information content (AvgIpc) is 3.15. The molecule has 3 heteroatoms. The molecule has 0 nitrogen and oxygen atoms in total. The summed E-state index contributed by atoms with van der Waals surface area (Å²) in [5.74, 6) is 0. The van der Waals surface area contributed by atoms with Crippen LogP contribution in [0.2, 0.25) is 0 Å². The first-order valence-corrected chi connectivity index (χ1v) is 10.1. The van der Waals surface area contributed by atoms with Crippen LogP contribution in [-0.4, -0.2) is 0 Å². The quantitative estimate of drug-likeness (QED) is 0.522. The molecule has 2 aromatic carbocycles. The third kappa shape index (κ3) is 4.24. The zero-order valence-electron chi connectivity index (χ0n) is 12.8. The Balaban J connectivity index is 0.000000638. The molecule has 0 N–H and O–H groups in total. The van der Waals surface area contributed by atoms with E-state index < -0.39 is 23.2 Å². The summed E-state index contributed by atoms with van der Waals surface area (Å²) in [4.78, 5) is 0. The van der Waals surface area contributed by atoms with Gasteiger partial charge in [-0.25, -0.2) is 0 Å². The number of rotatable bonds is 2. The predicted octanol–water partition coefficient (Wildman–Crippen LogP) is -0.585. The van der Waals surface area contributed by atoms with E-state index in [1.807, 2.05) is 0 Å². The van der Waals surface area contributed by atoms with Gasteiger partial charge in [-0.05, 0) is 0 Å². The topological polar surface area (TPSA) is 0 Å². The number of hydrogen-bond donors (Lipinski definition) is 0. The number of benzene rings is 2. The van der Waals surface area contributed by atoms with E-state index in [0.717, 1.165) is 7.25 Å². The van der Waals surface area contributed by atoms with E-state index in [0.29, 0.717) is 0 Å². The first-order valence-electron chi connectivity index (χ1n) is 7.22. The van der Waals surface area contributed by atoms with E-state index in [9.17, 15) is 0 Å². The zero-order valence-corrected chi connectivity index (χ0v) is 17.6. The van der Waals surface area contributed by atoms with Crippen molar-refractivity contribution in [2.45, 2.75) is 7.25 Å². The molecule has 23 heavy (non-hydrogen) atoms. The van der Waals surface area contributed by atoms with Crippen LogP contribution < -0.4 is 29.4 Å². The fourth-order valence-corrected chi connectivity index (χ4v) is 7.13. The zero-order chi connectivity index (χ0) is 14.7. The average molecular weight is 465 g/mol. The van der Waals surface area contributed by atoms with E-state index >= 15 is 0 Å². The Morgan fingerprint density at radius 2 is 1.09 bits per heavy atom. The molecule has 0 radical (unpaired) electrons. The van der Waals surface area contributed by atoms with Crippen molar-refractivity contribution in [1.29, 1.82) is 0 Å². The standard InChI is InChI=1S/2C9H7.C2H4.BrH.ClH.Zr/c2*1-2-5-9-7-3-6-8(9)4-1;1-2;;;/h2*1-7H;1-2H2;2*1H;/q;;;;;+2/p-2. The molecular formula is C20H18BrClZr. The molecule has 0 aromatic heterocycles. The van der Waals surface area contributed by atoms with Crippen molar-refractivity contribution >= 4 is 12.2 Å². The molecule has 0 amide bonds. The van der Waals surface area contributed by atoms with Crippen LogP contribution in [0.4, 0.5) is 0 Å². The van der Waals surface area contributed by atoms with Crippen molar-refractivity contribution in [3.8, 4) is 0 Å². The van der Waals surface area contributed by atoms with E-state index in [4.69, 9.17) is 0 Å². The van der Waals surface area contributed by atoms with Crippen molar-refractivity contribution in [2.24, 2.45) is 0 Å². The number of fused-ring (bicyclic) bond motifs is 2. The number of halogens is 2. The minimum atomic E-state index is -0.542. The van der Waals surface area contributed by atoms with E-state index in [1.165, 1.54) is 11.1 Å². The van der Waals surface area contributed by atoms with Crippen LogP contribution in [0.15, 0.2) is 73.8 Å². The molecule has 0 fully saturated rings. The van der Waals surface area contributed by atoms with Gasteiger partial charge in [0.2, 0.25) is 0 Å². The summed E-state index contributed by atoms with van der Waals surface area (Å²) in [6.07, 6.45) is 9.49. The van der Waals surface area contributed by atoms with Gasteiger partial charge in [-0.2, -0.15) is 0 Å². The Bertz CT molecular complexity index is 649. The van der Waals surface area contributed by atoms with E-state index in [1.54, 1.807) is 11.1 Å². The summed E-state index contributed by atoms with van der Waals surface area (Å²) >= 11 is -0.542. The molecule has 0 heterocycles. The Kier molecular flexibility index (Phi) is 8.47. The Hall–Kier alpha value is -0.687. The second-order valence-electron chi connectivity index (χ2n) is 5.10. The van der Waals surface area contributed by atoms with Crippen molar-refractivity contribution in [3.63, 3.8) is 0 Å². The van der Waals surface area contributed by atoms with Crippen molar-refractivity contribution in [2.75, 3.05) is 0 Å². The summed E-state index contributed by atoms with van der Waals surface area (Å²) in [6, 6.07) is 17.7. The summed E-state index contributed by atoms with van der Waals surface area (Å²) in [6.45, 7) is 6.00. The van der Waals surface area contributed by atoms with Gasteiger partial charge < -0.3 is 29.4 Å². The Morgan fingerprint density at radius 1 is 0.696 bits per heavy atom. The summed E-state index contributed by atoms with van der Waals surface area (Å²) in [5, 5.41) is 0. The van der Waals surface area contributed by atoms with Crippen LogP contribution in [0, 0.1) is 0 Å². The molecule has 4 rings (SSSR count). The van der Waals surface area contributed by atoms with Crippen LogP contribution >= 0.6 is 0 Å². The van der Waals surface area contributed by atoms with Gasteiger partial charge in [0.25, 0.3) is 0 Å². The van der Waals surface area contributed by atoms with Crippen molar-refractivity contribution < 1.29 is 52.6 Å². The Morgan fingerprint density at radius 3 is 1.52 bits per heavy atom. The van der Waals surface area contributed by atoms with Crippen LogP contribution in [0.1, 0.15) is 29.5 Å². The van der Waals surface area contributed by atoms with E-state index in [-0.39, 0.29) is 29.4 Å². The van der Waals surface area contributed by atoms with Crippen molar-refractivity contribution in [3.05, 3.63) is 96.1 Å². The van der Waals surface area contributed by atoms with Crippen LogP contribution in [0.5, 0.6) is 0 Å². The van der Waals surface area contributed by atoms with Crippen molar-refractivity contribution in [1.82, 2.24) is 0 Å². The fraction of sp³-hybridized carbons (Fsp3) is 0.100.